The van der Waals surface area contributed by atoms with E-state index in [0.29, 0.717) is 5.56 Å². The second kappa shape index (κ2) is 4.01. The van der Waals surface area contributed by atoms with E-state index in [9.17, 15) is 9.90 Å². The van der Waals surface area contributed by atoms with Crippen LogP contribution in [-0.2, 0) is 11.2 Å². The predicted octanol–water partition coefficient (Wildman–Crippen LogP) is 2.49. The minimum atomic E-state index is -0.0276. The van der Waals surface area contributed by atoms with E-state index < -0.39 is 0 Å². The van der Waals surface area contributed by atoms with Crippen LogP contribution < -0.4 is 5.32 Å². The van der Waals surface area contributed by atoms with Gasteiger partial charge in [-0.05, 0) is 16.9 Å². The fraction of sp³-hybridized carbons (Fsp3) is 0.533. The Balaban J connectivity index is 1.98. The molecule has 1 aromatic carbocycles. The summed E-state index contributed by atoms with van der Waals surface area (Å²) in [6, 6.07) is 7.17. The molecule has 0 aliphatic heterocycles. The van der Waals surface area contributed by atoms with Gasteiger partial charge in [-0.15, -0.1) is 0 Å². The first-order valence-electron chi connectivity index (χ1n) is 6.33. The molecule has 3 nitrogen and oxygen atoms in total. The standard InChI is InChI=1S/C15H21NO2/c1-14(2)13(15(14,3)4)16-12(18)9-10-7-5-6-8-11(10)17/h5-8,13,17H,9H2,1-4H3,(H,16,18). The Labute approximate surface area is 108 Å². The Hall–Kier alpha value is -1.51. The van der Waals surface area contributed by atoms with Crippen molar-refractivity contribution in [2.75, 3.05) is 0 Å². The zero-order valence-electron chi connectivity index (χ0n) is 11.4. The van der Waals surface area contributed by atoms with Gasteiger partial charge in [-0.1, -0.05) is 45.9 Å². The minimum Gasteiger partial charge on any atom is -0.508 e. The van der Waals surface area contributed by atoms with E-state index in [0.717, 1.165) is 0 Å². The van der Waals surface area contributed by atoms with Crippen LogP contribution in [-0.4, -0.2) is 17.1 Å². The van der Waals surface area contributed by atoms with Crippen molar-refractivity contribution in [1.82, 2.24) is 5.32 Å². The molecule has 18 heavy (non-hydrogen) atoms. The number of para-hydroxylation sites is 1. The van der Waals surface area contributed by atoms with E-state index in [1.165, 1.54) is 0 Å². The maximum absolute atomic E-state index is 12.0. The highest BCUT2D eigenvalue weighted by Gasteiger charge is 2.65. The Morgan fingerprint density at radius 1 is 1.22 bits per heavy atom. The van der Waals surface area contributed by atoms with Crippen LogP contribution in [0.25, 0.3) is 0 Å². The predicted molar refractivity (Wildman–Crippen MR) is 71.3 cm³/mol. The van der Waals surface area contributed by atoms with Crippen LogP contribution in [0.5, 0.6) is 5.75 Å². The molecule has 2 rings (SSSR count). The van der Waals surface area contributed by atoms with Gasteiger partial charge in [0.05, 0.1) is 6.42 Å². The lowest BCUT2D eigenvalue weighted by molar-refractivity contribution is -0.120. The molecule has 0 aromatic heterocycles. The van der Waals surface area contributed by atoms with Crippen LogP contribution >= 0.6 is 0 Å². The highest BCUT2D eigenvalue weighted by molar-refractivity contribution is 5.80. The number of carbonyl (C=O) groups excluding carboxylic acids is 1. The van der Waals surface area contributed by atoms with Crippen molar-refractivity contribution in [2.24, 2.45) is 10.8 Å². The first-order valence-corrected chi connectivity index (χ1v) is 6.33. The maximum Gasteiger partial charge on any atom is 0.224 e. The van der Waals surface area contributed by atoms with Crippen molar-refractivity contribution >= 4 is 5.91 Å². The number of hydrogen-bond donors (Lipinski definition) is 2. The number of phenols is 1. The highest BCUT2D eigenvalue weighted by Crippen LogP contribution is 2.62. The lowest BCUT2D eigenvalue weighted by Crippen LogP contribution is -2.31. The molecule has 0 saturated heterocycles. The summed E-state index contributed by atoms with van der Waals surface area (Å²) in [6.45, 7) is 8.66. The second-order valence-corrected chi connectivity index (χ2v) is 6.25. The number of rotatable bonds is 3. The van der Waals surface area contributed by atoms with E-state index in [4.69, 9.17) is 0 Å². The zero-order valence-corrected chi connectivity index (χ0v) is 11.4. The maximum atomic E-state index is 12.0. The first-order chi connectivity index (χ1) is 8.26. The van der Waals surface area contributed by atoms with E-state index in [2.05, 4.69) is 33.0 Å². The zero-order chi connectivity index (χ0) is 13.6. The summed E-state index contributed by atoms with van der Waals surface area (Å²) in [7, 11) is 0. The number of carbonyl (C=O) groups is 1. The monoisotopic (exact) mass is 247 g/mol. The molecule has 0 heterocycles. The van der Waals surface area contributed by atoms with Crippen LogP contribution in [0.4, 0.5) is 0 Å². The molecular formula is C15H21NO2. The van der Waals surface area contributed by atoms with E-state index >= 15 is 0 Å². The molecule has 1 saturated carbocycles. The van der Waals surface area contributed by atoms with Crippen molar-refractivity contribution < 1.29 is 9.90 Å². The molecule has 1 aliphatic carbocycles. The topological polar surface area (TPSA) is 49.3 Å². The summed E-state index contributed by atoms with van der Waals surface area (Å²) in [5, 5.41) is 12.7. The fourth-order valence-corrected chi connectivity index (χ4v) is 2.60. The molecule has 1 aromatic rings. The number of hydrogen-bond acceptors (Lipinski definition) is 2. The molecular weight excluding hydrogens is 226 g/mol. The third-order valence-corrected chi connectivity index (χ3v) is 4.67. The molecule has 0 unspecified atom stereocenters. The summed E-state index contributed by atoms with van der Waals surface area (Å²) >= 11 is 0. The van der Waals surface area contributed by atoms with E-state index in [1.807, 2.05) is 6.07 Å². The Morgan fingerprint density at radius 3 is 2.28 bits per heavy atom. The van der Waals surface area contributed by atoms with Gasteiger partial charge in [-0.3, -0.25) is 4.79 Å². The van der Waals surface area contributed by atoms with Gasteiger partial charge in [0.25, 0.3) is 0 Å². The van der Waals surface area contributed by atoms with Crippen LogP contribution in [0.15, 0.2) is 24.3 Å². The molecule has 0 radical (unpaired) electrons. The summed E-state index contributed by atoms with van der Waals surface area (Å²) in [5.74, 6) is 0.155. The second-order valence-electron chi connectivity index (χ2n) is 6.25. The minimum absolute atomic E-state index is 0.0276. The summed E-state index contributed by atoms with van der Waals surface area (Å²) in [4.78, 5) is 12.0. The molecule has 1 amide bonds. The number of phenolic OH excluding ortho intramolecular Hbond substituents is 1. The summed E-state index contributed by atoms with van der Waals surface area (Å²) < 4.78 is 0. The van der Waals surface area contributed by atoms with Gasteiger partial charge in [0.1, 0.15) is 5.75 Å². The average molecular weight is 247 g/mol. The highest BCUT2D eigenvalue weighted by atomic mass is 16.3. The van der Waals surface area contributed by atoms with Gasteiger partial charge < -0.3 is 10.4 Å². The summed E-state index contributed by atoms with van der Waals surface area (Å²) in [5.41, 5.74) is 0.953. The smallest absolute Gasteiger partial charge is 0.224 e. The van der Waals surface area contributed by atoms with E-state index in [1.54, 1.807) is 18.2 Å². The largest absolute Gasteiger partial charge is 0.508 e. The molecule has 2 N–H and O–H groups in total. The average Bonchev–Trinajstić information content (AvgIpc) is 2.64. The van der Waals surface area contributed by atoms with Gasteiger partial charge in [-0.2, -0.15) is 0 Å². The van der Waals surface area contributed by atoms with Crippen LogP contribution in [0, 0.1) is 10.8 Å². The molecule has 3 heteroatoms. The first kappa shape index (κ1) is 12.9. The van der Waals surface area contributed by atoms with Gasteiger partial charge in [0, 0.05) is 11.6 Å². The van der Waals surface area contributed by atoms with Crippen LogP contribution in [0.1, 0.15) is 33.3 Å². The van der Waals surface area contributed by atoms with Crippen molar-refractivity contribution in [3.63, 3.8) is 0 Å². The molecule has 1 aliphatic rings. The number of nitrogens with one attached hydrogen (secondary N) is 1. The number of benzene rings is 1. The van der Waals surface area contributed by atoms with Crippen molar-refractivity contribution in [3.8, 4) is 5.75 Å². The molecule has 0 bridgehead atoms. The molecule has 0 atom stereocenters. The fourth-order valence-electron chi connectivity index (χ4n) is 2.60. The van der Waals surface area contributed by atoms with Gasteiger partial charge in [0.15, 0.2) is 0 Å². The molecule has 1 fully saturated rings. The number of aromatic hydroxyl groups is 1. The van der Waals surface area contributed by atoms with Crippen molar-refractivity contribution in [2.45, 2.75) is 40.2 Å². The summed E-state index contributed by atoms with van der Waals surface area (Å²) in [6.07, 6.45) is 0.231. The van der Waals surface area contributed by atoms with Gasteiger partial charge in [0.2, 0.25) is 5.91 Å². The molecule has 0 spiro atoms. The van der Waals surface area contributed by atoms with E-state index in [-0.39, 0.29) is 34.9 Å². The SMILES string of the molecule is CC1(C)C(NC(=O)Cc2ccccc2O)C1(C)C. The van der Waals surface area contributed by atoms with Crippen molar-refractivity contribution in [3.05, 3.63) is 29.8 Å². The Kier molecular flexibility index (Phi) is 2.88. The third kappa shape index (κ3) is 1.98. The Morgan fingerprint density at radius 2 is 1.78 bits per heavy atom. The normalized spacial score (nSPS) is 20.4. The van der Waals surface area contributed by atoms with Crippen molar-refractivity contribution in [1.29, 1.82) is 0 Å². The lowest BCUT2D eigenvalue weighted by Gasteiger charge is -2.08. The van der Waals surface area contributed by atoms with Crippen LogP contribution in [0.3, 0.4) is 0 Å². The lowest BCUT2D eigenvalue weighted by atomic mass is 10.0. The number of amides is 1. The Bertz CT molecular complexity index is 463. The van der Waals surface area contributed by atoms with Gasteiger partial charge >= 0.3 is 0 Å². The van der Waals surface area contributed by atoms with Crippen LogP contribution in [0.2, 0.25) is 0 Å². The third-order valence-electron chi connectivity index (χ3n) is 4.67. The molecule has 98 valence electrons. The quantitative estimate of drug-likeness (QED) is 0.862. The van der Waals surface area contributed by atoms with Gasteiger partial charge in [-0.25, -0.2) is 0 Å².